The molecule has 0 aromatic heterocycles. The lowest BCUT2D eigenvalue weighted by Gasteiger charge is -2.26. The van der Waals surface area contributed by atoms with E-state index in [1.54, 1.807) is 0 Å². The van der Waals surface area contributed by atoms with Gasteiger partial charge in [-0.3, -0.25) is 4.79 Å². The predicted octanol–water partition coefficient (Wildman–Crippen LogP) is -0.995. The van der Waals surface area contributed by atoms with Gasteiger partial charge in [0.05, 0.1) is 38.3 Å². The van der Waals surface area contributed by atoms with Crippen LogP contribution in [0.1, 0.15) is 6.42 Å². The molecule has 1 fully saturated rings. The van der Waals surface area contributed by atoms with Crippen LogP contribution < -0.4 is 10.6 Å². The number of nitrogens with one attached hydrogen (secondary N) is 2. The van der Waals surface area contributed by atoms with Crippen LogP contribution in [0.3, 0.4) is 0 Å². The third kappa shape index (κ3) is 3.87. The van der Waals surface area contributed by atoms with Gasteiger partial charge in [0, 0.05) is 6.54 Å². The van der Waals surface area contributed by atoms with Crippen LogP contribution in [0, 0.1) is 11.3 Å². The van der Waals surface area contributed by atoms with E-state index >= 15 is 0 Å². The van der Waals surface area contributed by atoms with Gasteiger partial charge >= 0.3 is 0 Å². The Kier molecular flexibility index (Phi) is 4.23. The quantitative estimate of drug-likeness (QED) is 0.536. The van der Waals surface area contributed by atoms with Crippen LogP contribution in [0.2, 0.25) is 0 Å². The van der Waals surface area contributed by atoms with Crippen LogP contribution in [-0.4, -0.2) is 38.3 Å². The molecule has 0 aromatic rings. The fourth-order valence-corrected chi connectivity index (χ4v) is 0.911. The minimum absolute atomic E-state index is 0.0675. The molecule has 0 bridgehead atoms. The Balaban J connectivity index is 1.94. The zero-order chi connectivity index (χ0) is 9.52. The Morgan fingerprint density at radius 2 is 2.38 bits per heavy atom. The molecule has 5 nitrogen and oxygen atoms in total. The summed E-state index contributed by atoms with van der Waals surface area (Å²) in [6.45, 7) is 2.11. The number of amides is 1. The molecule has 0 atom stereocenters. The van der Waals surface area contributed by atoms with E-state index in [0.717, 1.165) is 0 Å². The lowest BCUT2D eigenvalue weighted by atomic mass is 10.2. The molecular formula is C8H13N3O2. The van der Waals surface area contributed by atoms with Crippen LogP contribution >= 0.6 is 0 Å². The Morgan fingerprint density at radius 1 is 1.62 bits per heavy atom. The van der Waals surface area contributed by atoms with Crippen LogP contribution in [0.25, 0.3) is 0 Å². The molecule has 1 aliphatic rings. The van der Waals surface area contributed by atoms with E-state index in [-0.39, 0.29) is 5.91 Å². The van der Waals surface area contributed by atoms with Crippen LogP contribution in [-0.2, 0) is 9.53 Å². The summed E-state index contributed by atoms with van der Waals surface area (Å²) in [7, 11) is 0. The van der Waals surface area contributed by atoms with Crippen molar-refractivity contribution in [3.05, 3.63) is 0 Å². The molecule has 0 saturated carbocycles. The van der Waals surface area contributed by atoms with Gasteiger partial charge in [-0.05, 0) is 0 Å². The molecule has 1 heterocycles. The highest BCUT2D eigenvalue weighted by Gasteiger charge is 2.17. The van der Waals surface area contributed by atoms with Crippen molar-refractivity contribution in [1.29, 1.82) is 5.26 Å². The first-order chi connectivity index (χ1) is 6.33. The maximum absolute atomic E-state index is 11.0. The van der Waals surface area contributed by atoms with Gasteiger partial charge in [-0.25, -0.2) is 0 Å². The smallest absolute Gasteiger partial charge is 0.234 e. The molecule has 0 radical (unpaired) electrons. The average Bonchev–Trinajstić information content (AvgIpc) is 2.02. The van der Waals surface area contributed by atoms with Gasteiger partial charge in [0.2, 0.25) is 5.91 Å². The molecule has 0 aromatic carbocycles. The highest BCUT2D eigenvalue weighted by Crippen LogP contribution is 1.97. The summed E-state index contributed by atoms with van der Waals surface area (Å²) in [5, 5.41) is 13.9. The monoisotopic (exact) mass is 183 g/mol. The van der Waals surface area contributed by atoms with Gasteiger partial charge in [0.25, 0.3) is 0 Å². The van der Waals surface area contributed by atoms with Gasteiger partial charge in [-0.1, -0.05) is 0 Å². The normalized spacial score (nSPS) is 15.9. The minimum atomic E-state index is -0.0675. The molecule has 0 aliphatic carbocycles. The summed E-state index contributed by atoms with van der Waals surface area (Å²) >= 11 is 0. The molecule has 72 valence electrons. The Labute approximate surface area is 77.1 Å². The van der Waals surface area contributed by atoms with E-state index < -0.39 is 0 Å². The topological polar surface area (TPSA) is 74.2 Å². The number of carbonyl (C=O) groups is 1. The van der Waals surface area contributed by atoms with Crippen molar-refractivity contribution < 1.29 is 9.53 Å². The van der Waals surface area contributed by atoms with E-state index in [4.69, 9.17) is 10.00 Å². The summed E-state index contributed by atoms with van der Waals surface area (Å²) in [6.07, 6.45) is 0.359. The second-order valence-corrected chi connectivity index (χ2v) is 2.87. The first kappa shape index (κ1) is 9.96. The Morgan fingerprint density at radius 3 is 2.92 bits per heavy atom. The van der Waals surface area contributed by atoms with E-state index in [2.05, 4.69) is 10.6 Å². The van der Waals surface area contributed by atoms with Crippen molar-refractivity contribution in [2.75, 3.05) is 26.3 Å². The van der Waals surface area contributed by atoms with Crippen LogP contribution in [0.4, 0.5) is 0 Å². The SMILES string of the molecule is N#CCCNC(=O)CNC1COC1. The molecule has 0 unspecified atom stereocenters. The number of nitrogens with zero attached hydrogens (tertiary/aromatic N) is 1. The number of hydrogen-bond donors (Lipinski definition) is 2. The van der Waals surface area contributed by atoms with Crippen molar-refractivity contribution >= 4 is 5.91 Å². The van der Waals surface area contributed by atoms with Crippen molar-refractivity contribution in [2.45, 2.75) is 12.5 Å². The number of hydrogen-bond acceptors (Lipinski definition) is 4. The van der Waals surface area contributed by atoms with Crippen molar-refractivity contribution in [3.63, 3.8) is 0 Å². The van der Waals surface area contributed by atoms with E-state index in [1.165, 1.54) is 0 Å². The fourth-order valence-electron chi connectivity index (χ4n) is 0.911. The zero-order valence-corrected chi connectivity index (χ0v) is 7.38. The molecule has 5 heteroatoms. The lowest BCUT2D eigenvalue weighted by molar-refractivity contribution is -0.120. The van der Waals surface area contributed by atoms with E-state index in [9.17, 15) is 4.79 Å². The standard InChI is InChI=1S/C8H13N3O2/c9-2-1-3-10-8(12)4-11-7-5-13-6-7/h7,11H,1,3-6H2,(H,10,12). The largest absolute Gasteiger partial charge is 0.378 e. The molecule has 1 rings (SSSR count). The third-order valence-corrected chi connectivity index (χ3v) is 1.75. The van der Waals surface area contributed by atoms with Crippen molar-refractivity contribution in [3.8, 4) is 6.07 Å². The summed E-state index contributed by atoms with van der Waals surface area (Å²) in [6, 6.07) is 2.28. The second-order valence-electron chi connectivity index (χ2n) is 2.87. The van der Waals surface area contributed by atoms with E-state index in [1.807, 2.05) is 6.07 Å². The summed E-state index contributed by atoms with van der Waals surface area (Å²) < 4.78 is 4.93. The van der Waals surface area contributed by atoms with Gasteiger partial charge in [-0.2, -0.15) is 5.26 Å². The molecule has 2 N–H and O–H groups in total. The summed E-state index contributed by atoms with van der Waals surface area (Å²) in [4.78, 5) is 11.0. The minimum Gasteiger partial charge on any atom is -0.378 e. The van der Waals surface area contributed by atoms with Crippen LogP contribution in [0.5, 0.6) is 0 Å². The molecule has 13 heavy (non-hydrogen) atoms. The number of ether oxygens (including phenoxy) is 1. The van der Waals surface area contributed by atoms with Gasteiger partial charge in [-0.15, -0.1) is 0 Å². The first-order valence-corrected chi connectivity index (χ1v) is 4.27. The fraction of sp³-hybridized carbons (Fsp3) is 0.750. The molecular weight excluding hydrogens is 170 g/mol. The number of carbonyl (C=O) groups excluding carboxylic acids is 1. The summed E-state index contributed by atoms with van der Waals surface area (Å²) in [5.74, 6) is -0.0675. The number of rotatable bonds is 5. The van der Waals surface area contributed by atoms with Gasteiger partial charge in [0.15, 0.2) is 0 Å². The third-order valence-electron chi connectivity index (χ3n) is 1.75. The summed E-state index contributed by atoms with van der Waals surface area (Å²) in [5.41, 5.74) is 0. The van der Waals surface area contributed by atoms with Gasteiger partial charge < -0.3 is 15.4 Å². The maximum atomic E-state index is 11.0. The Bertz CT molecular complexity index is 208. The first-order valence-electron chi connectivity index (χ1n) is 4.27. The van der Waals surface area contributed by atoms with Crippen molar-refractivity contribution in [2.24, 2.45) is 0 Å². The Hall–Kier alpha value is -1.12. The maximum Gasteiger partial charge on any atom is 0.234 e. The number of nitriles is 1. The predicted molar refractivity (Wildman–Crippen MR) is 45.8 cm³/mol. The molecule has 0 spiro atoms. The molecule has 1 aliphatic heterocycles. The highest BCUT2D eigenvalue weighted by molar-refractivity contribution is 5.78. The highest BCUT2D eigenvalue weighted by atomic mass is 16.5. The van der Waals surface area contributed by atoms with Gasteiger partial charge in [0.1, 0.15) is 0 Å². The molecule has 1 saturated heterocycles. The van der Waals surface area contributed by atoms with E-state index in [0.29, 0.717) is 38.8 Å². The lowest BCUT2D eigenvalue weighted by Crippen LogP contribution is -2.49. The van der Waals surface area contributed by atoms with Crippen LogP contribution in [0.15, 0.2) is 0 Å². The van der Waals surface area contributed by atoms with Crippen molar-refractivity contribution in [1.82, 2.24) is 10.6 Å². The molecule has 1 amide bonds. The average molecular weight is 183 g/mol. The zero-order valence-electron chi connectivity index (χ0n) is 7.38. The second kappa shape index (κ2) is 5.51.